The average Bonchev–Trinajstić information content (AvgIpc) is 2.56. The molecule has 1 saturated carbocycles. The predicted octanol–water partition coefficient (Wildman–Crippen LogP) is 4.42. The molecule has 0 aromatic heterocycles. The number of carbonyl (C=O) groups is 2. The van der Waals surface area contributed by atoms with Gasteiger partial charge in [0.25, 0.3) is 0 Å². The molecule has 142 valence electrons. The molecule has 5 nitrogen and oxygen atoms in total. The second-order valence-electron chi connectivity index (χ2n) is 7.23. The Hall–Kier alpha value is -2.89. The average molecular weight is 369 g/mol. The molecule has 0 heterocycles. The molecule has 3 rings (SSSR count). The summed E-state index contributed by atoms with van der Waals surface area (Å²) in [7, 11) is 0. The lowest BCUT2D eigenvalue weighted by atomic mass is 9.64. The van der Waals surface area contributed by atoms with Gasteiger partial charge in [-0.1, -0.05) is 18.6 Å². The molecule has 0 saturated heterocycles. The monoisotopic (exact) mass is 369 g/mol. The summed E-state index contributed by atoms with van der Waals surface area (Å²) in [5, 5.41) is 8.44. The van der Waals surface area contributed by atoms with E-state index in [4.69, 9.17) is 0 Å². The van der Waals surface area contributed by atoms with Gasteiger partial charge in [0.15, 0.2) is 0 Å². The molecule has 0 spiro atoms. The number of amides is 3. The summed E-state index contributed by atoms with van der Waals surface area (Å²) in [6, 6.07) is 12.9. The maximum Gasteiger partial charge on any atom is 0.319 e. The molecule has 6 heteroatoms. The number of benzene rings is 2. The number of carbonyl (C=O) groups excluding carboxylic acids is 2. The lowest BCUT2D eigenvalue weighted by molar-refractivity contribution is -0.124. The van der Waals surface area contributed by atoms with Crippen LogP contribution in [0.4, 0.5) is 20.6 Å². The molecule has 2 aromatic carbocycles. The first-order chi connectivity index (χ1) is 12.9. The SMILES string of the molecule is CC(C)NC(=O)Nc1ccc(NC(=O)C2(c3ccc(F)cc3)CCC2)cc1. The van der Waals surface area contributed by atoms with E-state index in [0.717, 1.165) is 24.8 Å². The van der Waals surface area contributed by atoms with Crippen molar-refractivity contribution in [2.45, 2.75) is 44.6 Å². The van der Waals surface area contributed by atoms with E-state index >= 15 is 0 Å². The van der Waals surface area contributed by atoms with Crippen LogP contribution in [0.15, 0.2) is 48.5 Å². The second kappa shape index (κ2) is 7.78. The van der Waals surface area contributed by atoms with Crippen molar-refractivity contribution < 1.29 is 14.0 Å². The van der Waals surface area contributed by atoms with Crippen LogP contribution in [0, 0.1) is 5.82 Å². The van der Waals surface area contributed by atoms with Crippen LogP contribution in [0.3, 0.4) is 0 Å². The molecule has 3 N–H and O–H groups in total. The summed E-state index contributed by atoms with van der Waals surface area (Å²) in [5.41, 5.74) is 1.55. The van der Waals surface area contributed by atoms with Crippen LogP contribution in [0.25, 0.3) is 0 Å². The smallest absolute Gasteiger partial charge is 0.319 e. The van der Waals surface area contributed by atoms with Crippen LogP contribution in [-0.2, 0) is 10.2 Å². The van der Waals surface area contributed by atoms with E-state index < -0.39 is 5.41 Å². The van der Waals surface area contributed by atoms with E-state index in [1.165, 1.54) is 12.1 Å². The fourth-order valence-corrected chi connectivity index (χ4v) is 3.26. The predicted molar refractivity (Wildman–Crippen MR) is 104 cm³/mol. The van der Waals surface area contributed by atoms with Crippen molar-refractivity contribution >= 4 is 23.3 Å². The minimum atomic E-state index is -0.595. The van der Waals surface area contributed by atoms with Gasteiger partial charge in [-0.25, -0.2) is 9.18 Å². The maximum atomic E-state index is 13.2. The van der Waals surface area contributed by atoms with Crippen molar-refractivity contribution in [1.82, 2.24) is 5.32 Å². The quantitative estimate of drug-likeness (QED) is 0.730. The minimum absolute atomic E-state index is 0.0497. The van der Waals surface area contributed by atoms with Gasteiger partial charge in [0.05, 0.1) is 5.41 Å². The Morgan fingerprint density at radius 1 is 0.926 bits per heavy atom. The van der Waals surface area contributed by atoms with Gasteiger partial charge >= 0.3 is 6.03 Å². The van der Waals surface area contributed by atoms with Gasteiger partial charge in [-0.15, -0.1) is 0 Å². The zero-order chi connectivity index (χ0) is 19.4. The van der Waals surface area contributed by atoms with Crippen LogP contribution in [0.5, 0.6) is 0 Å². The van der Waals surface area contributed by atoms with E-state index in [9.17, 15) is 14.0 Å². The Bertz CT molecular complexity index is 812. The van der Waals surface area contributed by atoms with Crippen molar-refractivity contribution in [2.24, 2.45) is 0 Å². The Balaban J connectivity index is 1.66. The highest BCUT2D eigenvalue weighted by atomic mass is 19.1. The van der Waals surface area contributed by atoms with E-state index in [1.807, 2.05) is 13.8 Å². The first kappa shape index (κ1) is 18.9. The fourth-order valence-electron chi connectivity index (χ4n) is 3.26. The first-order valence-electron chi connectivity index (χ1n) is 9.14. The summed E-state index contributed by atoms with van der Waals surface area (Å²) in [4.78, 5) is 24.6. The summed E-state index contributed by atoms with van der Waals surface area (Å²) >= 11 is 0. The van der Waals surface area contributed by atoms with Crippen molar-refractivity contribution in [3.63, 3.8) is 0 Å². The van der Waals surface area contributed by atoms with Gasteiger partial charge in [0.2, 0.25) is 5.91 Å². The summed E-state index contributed by atoms with van der Waals surface area (Å²) in [5.74, 6) is -0.392. The van der Waals surface area contributed by atoms with E-state index in [1.54, 1.807) is 36.4 Å². The van der Waals surface area contributed by atoms with Crippen molar-refractivity contribution in [3.8, 4) is 0 Å². The molecule has 0 bridgehead atoms. The third kappa shape index (κ3) is 4.27. The van der Waals surface area contributed by atoms with Gasteiger partial charge < -0.3 is 16.0 Å². The molecule has 3 amide bonds. The number of halogens is 1. The minimum Gasteiger partial charge on any atom is -0.336 e. The topological polar surface area (TPSA) is 70.2 Å². The van der Waals surface area contributed by atoms with Gasteiger partial charge in [0.1, 0.15) is 5.82 Å². The van der Waals surface area contributed by atoms with Gasteiger partial charge in [-0.3, -0.25) is 4.79 Å². The van der Waals surface area contributed by atoms with Crippen LogP contribution < -0.4 is 16.0 Å². The molecule has 0 unspecified atom stereocenters. The standard InChI is InChI=1S/C21H24FN3O2/c1-14(2)23-20(27)25-18-10-8-17(9-11-18)24-19(26)21(12-3-13-21)15-4-6-16(22)7-5-15/h4-11,14H,3,12-13H2,1-2H3,(H,24,26)(H2,23,25,27). The highest BCUT2D eigenvalue weighted by molar-refractivity contribution is 6.00. The number of nitrogens with one attached hydrogen (secondary N) is 3. The largest absolute Gasteiger partial charge is 0.336 e. The van der Waals surface area contributed by atoms with Gasteiger partial charge in [-0.05, 0) is 68.7 Å². The van der Waals surface area contributed by atoms with Crippen LogP contribution >= 0.6 is 0 Å². The number of hydrogen-bond acceptors (Lipinski definition) is 2. The normalized spacial score (nSPS) is 15.0. The summed E-state index contributed by atoms with van der Waals surface area (Å²) < 4.78 is 13.2. The van der Waals surface area contributed by atoms with Crippen molar-refractivity contribution in [2.75, 3.05) is 10.6 Å². The highest BCUT2D eigenvalue weighted by Crippen LogP contribution is 2.44. The molecular weight excluding hydrogens is 345 g/mol. The van der Waals surface area contributed by atoms with Crippen LogP contribution in [0.1, 0.15) is 38.7 Å². The third-order valence-corrected chi connectivity index (χ3v) is 4.86. The molecule has 0 aliphatic heterocycles. The lowest BCUT2D eigenvalue weighted by Gasteiger charge is -2.40. The van der Waals surface area contributed by atoms with E-state index in [-0.39, 0.29) is 23.8 Å². The Kier molecular flexibility index (Phi) is 5.44. The molecule has 1 fully saturated rings. The molecule has 1 aliphatic carbocycles. The maximum absolute atomic E-state index is 13.2. The fraction of sp³-hybridized carbons (Fsp3) is 0.333. The molecule has 0 atom stereocenters. The molecular formula is C21H24FN3O2. The second-order valence-corrected chi connectivity index (χ2v) is 7.23. The number of anilines is 2. The van der Waals surface area contributed by atoms with Crippen molar-refractivity contribution in [3.05, 3.63) is 59.9 Å². The van der Waals surface area contributed by atoms with E-state index in [2.05, 4.69) is 16.0 Å². The summed E-state index contributed by atoms with van der Waals surface area (Å²) in [6.45, 7) is 3.77. The molecule has 0 radical (unpaired) electrons. The first-order valence-corrected chi connectivity index (χ1v) is 9.14. The summed E-state index contributed by atoms with van der Waals surface area (Å²) in [6.07, 6.45) is 2.47. The Morgan fingerprint density at radius 3 is 1.96 bits per heavy atom. The lowest BCUT2D eigenvalue weighted by Crippen LogP contribution is -2.46. The number of urea groups is 1. The molecule has 27 heavy (non-hydrogen) atoms. The third-order valence-electron chi connectivity index (χ3n) is 4.86. The Labute approximate surface area is 158 Å². The zero-order valence-electron chi connectivity index (χ0n) is 15.5. The van der Waals surface area contributed by atoms with Gasteiger partial charge in [-0.2, -0.15) is 0 Å². The van der Waals surface area contributed by atoms with Crippen molar-refractivity contribution in [1.29, 1.82) is 0 Å². The zero-order valence-corrected chi connectivity index (χ0v) is 15.5. The van der Waals surface area contributed by atoms with Crippen LogP contribution in [0.2, 0.25) is 0 Å². The number of rotatable bonds is 5. The Morgan fingerprint density at radius 2 is 1.48 bits per heavy atom. The number of hydrogen-bond donors (Lipinski definition) is 3. The van der Waals surface area contributed by atoms with E-state index in [0.29, 0.717) is 11.4 Å². The van der Waals surface area contributed by atoms with Gasteiger partial charge in [0, 0.05) is 17.4 Å². The molecule has 2 aromatic rings. The van der Waals surface area contributed by atoms with Crippen LogP contribution in [-0.4, -0.2) is 18.0 Å². The highest BCUT2D eigenvalue weighted by Gasteiger charge is 2.45. The molecule has 1 aliphatic rings.